The summed E-state index contributed by atoms with van der Waals surface area (Å²) < 4.78 is 21.7. The number of amides is 2. The van der Waals surface area contributed by atoms with Crippen LogP contribution in [0, 0.1) is 5.92 Å². The maximum atomic E-state index is 14.0. The Labute approximate surface area is 254 Å². The third kappa shape index (κ3) is 8.31. The number of carbonyl (C=O) groups is 2. The number of piperidine rings is 1. The fourth-order valence-electron chi connectivity index (χ4n) is 5.49. The summed E-state index contributed by atoms with van der Waals surface area (Å²) in [5.41, 5.74) is 3.59. The molecule has 1 saturated heterocycles. The molecule has 0 aliphatic carbocycles. The van der Waals surface area contributed by atoms with Gasteiger partial charge in [0.2, 0.25) is 11.7 Å². The Morgan fingerprint density at radius 3 is 2.05 bits per heavy atom. The molecule has 0 unspecified atom stereocenters. The minimum atomic E-state index is -0.113. The predicted octanol–water partition coefficient (Wildman–Crippen LogP) is 5.75. The SMILES string of the molecule is COc1ccc(CC(=O)N2CCC(CN(CC(C)=Cc3ccccc3)C(=O)c3cc(OC)c(OC)c(OC)c3)CC2)cc1. The average Bonchev–Trinajstić information content (AvgIpc) is 3.04. The summed E-state index contributed by atoms with van der Waals surface area (Å²) in [6, 6.07) is 21.1. The smallest absolute Gasteiger partial charge is 0.254 e. The Bertz CT molecular complexity index is 1370. The first kappa shape index (κ1) is 31.5. The second-order valence-corrected chi connectivity index (χ2v) is 10.9. The van der Waals surface area contributed by atoms with Crippen molar-refractivity contribution >= 4 is 17.9 Å². The highest BCUT2D eigenvalue weighted by molar-refractivity contribution is 5.96. The second-order valence-electron chi connectivity index (χ2n) is 10.9. The molecule has 0 saturated carbocycles. The Morgan fingerprint density at radius 1 is 0.860 bits per heavy atom. The predicted molar refractivity (Wildman–Crippen MR) is 168 cm³/mol. The number of nitrogens with zero attached hydrogens (tertiary/aromatic N) is 2. The van der Waals surface area contributed by atoms with Crippen LogP contribution >= 0.6 is 0 Å². The van der Waals surface area contributed by atoms with Gasteiger partial charge in [-0.15, -0.1) is 0 Å². The minimum absolute atomic E-state index is 0.113. The topological polar surface area (TPSA) is 77.5 Å². The van der Waals surface area contributed by atoms with Crippen molar-refractivity contribution < 1.29 is 28.5 Å². The van der Waals surface area contributed by atoms with Gasteiger partial charge in [0.05, 0.1) is 34.9 Å². The molecule has 3 aromatic rings. The van der Waals surface area contributed by atoms with E-state index in [9.17, 15) is 9.59 Å². The van der Waals surface area contributed by atoms with Crippen LogP contribution < -0.4 is 18.9 Å². The van der Waals surface area contributed by atoms with Gasteiger partial charge in [-0.3, -0.25) is 9.59 Å². The number of hydrogen-bond acceptors (Lipinski definition) is 6. The van der Waals surface area contributed by atoms with Crippen LogP contribution in [0.25, 0.3) is 6.08 Å². The first-order chi connectivity index (χ1) is 20.8. The summed E-state index contributed by atoms with van der Waals surface area (Å²) in [7, 11) is 6.25. The van der Waals surface area contributed by atoms with Gasteiger partial charge in [0, 0.05) is 31.7 Å². The molecule has 4 rings (SSSR count). The van der Waals surface area contributed by atoms with Crippen LogP contribution in [0.2, 0.25) is 0 Å². The van der Waals surface area contributed by atoms with Crippen molar-refractivity contribution in [2.75, 3.05) is 54.6 Å². The zero-order valence-electron chi connectivity index (χ0n) is 25.8. The number of benzene rings is 3. The van der Waals surface area contributed by atoms with Crippen LogP contribution in [-0.4, -0.2) is 76.2 Å². The van der Waals surface area contributed by atoms with Crippen molar-refractivity contribution in [1.29, 1.82) is 0 Å². The number of likely N-dealkylation sites (tertiary alicyclic amines) is 1. The number of carbonyl (C=O) groups excluding carboxylic acids is 2. The Balaban J connectivity index is 1.48. The van der Waals surface area contributed by atoms with Crippen LogP contribution in [0.15, 0.2) is 72.3 Å². The summed E-state index contributed by atoms with van der Waals surface area (Å²) in [5.74, 6) is 2.36. The lowest BCUT2D eigenvalue weighted by molar-refractivity contribution is -0.131. The summed E-state index contributed by atoms with van der Waals surface area (Å²) in [5, 5.41) is 0. The van der Waals surface area contributed by atoms with E-state index in [1.807, 2.05) is 71.3 Å². The lowest BCUT2D eigenvalue weighted by Gasteiger charge is -2.35. The average molecular weight is 587 g/mol. The number of methoxy groups -OCH3 is 4. The molecule has 3 aromatic carbocycles. The monoisotopic (exact) mass is 586 g/mol. The number of hydrogen-bond donors (Lipinski definition) is 0. The summed E-state index contributed by atoms with van der Waals surface area (Å²) in [6.45, 7) is 4.44. The first-order valence-electron chi connectivity index (χ1n) is 14.6. The quantitative estimate of drug-likeness (QED) is 0.269. The molecular formula is C35H42N2O6. The third-order valence-electron chi connectivity index (χ3n) is 7.81. The van der Waals surface area contributed by atoms with E-state index in [1.165, 1.54) is 0 Å². The fourth-order valence-corrected chi connectivity index (χ4v) is 5.49. The van der Waals surface area contributed by atoms with Gasteiger partial charge in [-0.2, -0.15) is 0 Å². The molecule has 0 N–H and O–H groups in total. The molecule has 1 fully saturated rings. The molecule has 228 valence electrons. The molecule has 8 nitrogen and oxygen atoms in total. The molecule has 0 spiro atoms. The van der Waals surface area contributed by atoms with Crippen molar-refractivity contribution in [3.63, 3.8) is 0 Å². The van der Waals surface area contributed by atoms with E-state index in [4.69, 9.17) is 18.9 Å². The molecular weight excluding hydrogens is 544 g/mol. The zero-order chi connectivity index (χ0) is 30.8. The molecule has 43 heavy (non-hydrogen) atoms. The van der Waals surface area contributed by atoms with Crippen LogP contribution in [0.3, 0.4) is 0 Å². The molecule has 8 heteroatoms. The molecule has 1 aliphatic rings. The number of rotatable bonds is 12. The van der Waals surface area contributed by atoms with Gasteiger partial charge in [0.1, 0.15) is 5.75 Å². The van der Waals surface area contributed by atoms with Gasteiger partial charge >= 0.3 is 0 Å². The summed E-state index contributed by atoms with van der Waals surface area (Å²) in [6.07, 6.45) is 4.13. The molecule has 2 amide bonds. The summed E-state index contributed by atoms with van der Waals surface area (Å²) >= 11 is 0. The molecule has 0 radical (unpaired) electrons. The van der Waals surface area contributed by atoms with E-state index in [1.54, 1.807) is 40.6 Å². The maximum absolute atomic E-state index is 14.0. The molecule has 0 bridgehead atoms. The minimum Gasteiger partial charge on any atom is -0.497 e. The lowest BCUT2D eigenvalue weighted by Crippen LogP contribution is -2.43. The van der Waals surface area contributed by atoms with Crippen molar-refractivity contribution in [3.8, 4) is 23.0 Å². The van der Waals surface area contributed by atoms with Crippen molar-refractivity contribution in [2.45, 2.75) is 26.2 Å². The Kier molecular flexibility index (Phi) is 11.1. The molecule has 1 aliphatic heterocycles. The molecule has 0 atom stereocenters. The van der Waals surface area contributed by atoms with E-state index >= 15 is 0 Å². The van der Waals surface area contributed by atoms with Crippen molar-refractivity contribution in [1.82, 2.24) is 9.80 Å². The first-order valence-corrected chi connectivity index (χ1v) is 14.6. The highest BCUT2D eigenvalue weighted by Gasteiger charge is 2.28. The highest BCUT2D eigenvalue weighted by Crippen LogP contribution is 2.38. The van der Waals surface area contributed by atoms with Gasteiger partial charge in [-0.1, -0.05) is 54.1 Å². The molecule has 0 aromatic heterocycles. The molecule has 1 heterocycles. The van der Waals surface area contributed by atoms with E-state index in [-0.39, 0.29) is 17.7 Å². The second kappa shape index (κ2) is 15.1. The summed E-state index contributed by atoms with van der Waals surface area (Å²) in [4.78, 5) is 30.9. The van der Waals surface area contributed by atoms with E-state index in [2.05, 4.69) is 6.08 Å². The third-order valence-corrected chi connectivity index (χ3v) is 7.81. The Morgan fingerprint density at radius 2 is 1.49 bits per heavy atom. The fraction of sp³-hybridized carbons (Fsp3) is 0.371. The van der Waals surface area contributed by atoms with Crippen molar-refractivity contribution in [3.05, 3.63) is 89.0 Å². The van der Waals surface area contributed by atoms with E-state index in [0.29, 0.717) is 55.4 Å². The maximum Gasteiger partial charge on any atom is 0.254 e. The standard InChI is InChI=1S/C35H42N2O6/c1-25(19-26-9-7-6-8-10-26)23-37(35(39)29-21-31(41-3)34(43-5)32(22-29)42-4)24-28-15-17-36(18-16-28)33(38)20-27-11-13-30(40-2)14-12-27/h6-14,19,21-22,28H,15-18,20,23-24H2,1-5H3. The zero-order valence-corrected chi connectivity index (χ0v) is 25.8. The van der Waals surface area contributed by atoms with E-state index < -0.39 is 0 Å². The van der Waals surface area contributed by atoms with Crippen LogP contribution in [0.4, 0.5) is 0 Å². The van der Waals surface area contributed by atoms with Gasteiger partial charge in [0.25, 0.3) is 5.91 Å². The highest BCUT2D eigenvalue weighted by atomic mass is 16.5. The van der Waals surface area contributed by atoms with Gasteiger partial charge in [0.15, 0.2) is 11.5 Å². The lowest BCUT2D eigenvalue weighted by atomic mass is 9.95. The largest absolute Gasteiger partial charge is 0.497 e. The van der Waals surface area contributed by atoms with Gasteiger partial charge < -0.3 is 28.7 Å². The van der Waals surface area contributed by atoms with E-state index in [0.717, 1.165) is 35.3 Å². The van der Waals surface area contributed by atoms with Gasteiger partial charge in [-0.25, -0.2) is 0 Å². The number of ether oxygens (including phenoxy) is 4. The van der Waals surface area contributed by atoms with Crippen LogP contribution in [0.5, 0.6) is 23.0 Å². The van der Waals surface area contributed by atoms with Crippen LogP contribution in [-0.2, 0) is 11.2 Å². The van der Waals surface area contributed by atoms with Gasteiger partial charge in [-0.05, 0) is 61.1 Å². The normalized spacial score (nSPS) is 13.8. The van der Waals surface area contributed by atoms with Crippen LogP contribution in [0.1, 0.15) is 41.3 Å². The van der Waals surface area contributed by atoms with Crippen molar-refractivity contribution in [2.24, 2.45) is 5.92 Å². The Hall–Kier alpha value is -4.46.